The number of anilines is 1. The van der Waals surface area contributed by atoms with E-state index < -0.39 is 11.9 Å². The predicted molar refractivity (Wildman–Crippen MR) is 77.6 cm³/mol. The van der Waals surface area contributed by atoms with Gasteiger partial charge in [-0.3, -0.25) is 4.57 Å². The lowest BCUT2D eigenvalue weighted by Crippen LogP contribution is -2.33. The molecule has 2 aromatic rings. The lowest BCUT2D eigenvalue weighted by Gasteiger charge is -2.25. The number of nitrogens with zero attached hydrogens (tertiary/aromatic N) is 4. The van der Waals surface area contributed by atoms with Gasteiger partial charge in [0.25, 0.3) is 0 Å². The highest BCUT2D eigenvalue weighted by molar-refractivity contribution is 6.33. The Kier molecular flexibility index (Phi) is 3.29. The number of nitrogen functional groups attached to an aromatic ring is 1. The maximum Gasteiger partial charge on any atom is 0.223 e. The molecule has 21 heavy (non-hydrogen) atoms. The third-order valence-electron chi connectivity index (χ3n) is 4.29. The smallest absolute Gasteiger partial charge is 0.223 e. The van der Waals surface area contributed by atoms with Crippen LogP contribution in [0, 0.1) is 5.92 Å². The third kappa shape index (κ3) is 2.06. The maximum atomic E-state index is 15.1. The van der Waals surface area contributed by atoms with Gasteiger partial charge in [0.1, 0.15) is 5.52 Å². The van der Waals surface area contributed by atoms with E-state index in [0.29, 0.717) is 11.2 Å². The van der Waals surface area contributed by atoms with E-state index in [2.05, 4.69) is 15.0 Å². The Morgan fingerprint density at radius 3 is 2.86 bits per heavy atom. The molecule has 0 amide bonds. The molecule has 1 aliphatic heterocycles. The number of fused-ring (bicyclic) bond motifs is 1. The summed E-state index contributed by atoms with van der Waals surface area (Å²) in [6.45, 7) is 5.36. The summed E-state index contributed by atoms with van der Waals surface area (Å²) >= 11 is 6.00. The first-order chi connectivity index (χ1) is 9.86. The molecule has 0 saturated carbocycles. The molecule has 0 radical (unpaired) electrons. The summed E-state index contributed by atoms with van der Waals surface area (Å²) in [7, 11) is 0. The normalized spacial score (nSPS) is 32.9. The number of rotatable bonds is 2. The first-order valence-corrected chi connectivity index (χ1v) is 7.24. The Labute approximate surface area is 126 Å². The van der Waals surface area contributed by atoms with Crippen LogP contribution in [0.3, 0.4) is 0 Å². The van der Waals surface area contributed by atoms with Crippen LogP contribution in [0.2, 0.25) is 5.15 Å². The van der Waals surface area contributed by atoms with Crippen LogP contribution < -0.4 is 5.73 Å². The van der Waals surface area contributed by atoms with Crippen LogP contribution in [0.5, 0.6) is 0 Å². The van der Waals surface area contributed by atoms with E-state index in [4.69, 9.17) is 22.1 Å². The van der Waals surface area contributed by atoms with Gasteiger partial charge in [0.15, 0.2) is 22.7 Å². The molecule has 0 spiro atoms. The highest BCUT2D eigenvalue weighted by Crippen LogP contribution is 2.47. The lowest BCUT2D eigenvalue weighted by atomic mass is 9.88. The second kappa shape index (κ2) is 4.78. The fraction of sp³-hybridized carbons (Fsp3) is 0.615. The minimum atomic E-state index is -1.54. The predicted octanol–water partition coefficient (Wildman–Crippen LogP) is 2.73. The van der Waals surface area contributed by atoms with Crippen LogP contribution in [-0.4, -0.2) is 31.3 Å². The van der Waals surface area contributed by atoms with Crippen LogP contribution in [0.25, 0.3) is 11.2 Å². The molecule has 8 heteroatoms. The Morgan fingerprint density at radius 2 is 2.24 bits per heavy atom. The number of aromatic nitrogens is 4. The first kappa shape index (κ1) is 14.5. The van der Waals surface area contributed by atoms with Crippen molar-refractivity contribution >= 4 is 28.7 Å². The van der Waals surface area contributed by atoms with E-state index >= 15 is 4.39 Å². The van der Waals surface area contributed by atoms with Gasteiger partial charge in [-0.05, 0) is 13.3 Å². The van der Waals surface area contributed by atoms with Gasteiger partial charge in [0.05, 0.1) is 12.4 Å². The molecule has 6 nitrogen and oxygen atoms in total. The Balaban J connectivity index is 2.13. The summed E-state index contributed by atoms with van der Waals surface area (Å²) in [4.78, 5) is 12.1. The topological polar surface area (TPSA) is 78.8 Å². The Morgan fingerprint density at radius 1 is 1.52 bits per heavy atom. The van der Waals surface area contributed by atoms with Crippen molar-refractivity contribution in [2.45, 2.75) is 45.2 Å². The zero-order valence-electron chi connectivity index (χ0n) is 12.0. The van der Waals surface area contributed by atoms with Crippen LogP contribution in [-0.2, 0) is 4.74 Å². The van der Waals surface area contributed by atoms with E-state index in [1.807, 2.05) is 13.8 Å². The van der Waals surface area contributed by atoms with Gasteiger partial charge in [0, 0.05) is 5.92 Å². The van der Waals surface area contributed by atoms with Crippen molar-refractivity contribution < 1.29 is 9.13 Å². The summed E-state index contributed by atoms with van der Waals surface area (Å²) in [5.41, 5.74) is 4.84. The molecule has 1 saturated heterocycles. The molecule has 114 valence electrons. The van der Waals surface area contributed by atoms with E-state index in [1.54, 1.807) is 4.57 Å². The lowest BCUT2D eigenvalue weighted by molar-refractivity contribution is -0.0450. The molecule has 0 aromatic carbocycles. The van der Waals surface area contributed by atoms with Crippen LogP contribution in [0.1, 0.15) is 33.4 Å². The number of alkyl halides is 1. The summed E-state index contributed by atoms with van der Waals surface area (Å²) in [6.07, 6.45) is 1.24. The van der Waals surface area contributed by atoms with Crippen molar-refractivity contribution in [2.24, 2.45) is 5.92 Å². The largest absolute Gasteiger partial charge is 0.368 e. The number of nitrogens with two attached hydrogens (primary N) is 1. The molecule has 0 bridgehead atoms. The summed E-state index contributed by atoms with van der Waals surface area (Å²) in [5.74, 6) is -0.215. The van der Waals surface area contributed by atoms with Gasteiger partial charge in [-0.15, -0.1) is 0 Å². The quantitative estimate of drug-likeness (QED) is 0.862. The molecule has 2 N–H and O–H groups in total. The van der Waals surface area contributed by atoms with Crippen molar-refractivity contribution in [2.75, 3.05) is 5.73 Å². The zero-order chi connectivity index (χ0) is 15.4. The zero-order valence-corrected chi connectivity index (χ0v) is 12.8. The minimum absolute atomic E-state index is 0.0212. The molecule has 3 heterocycles. The van der Waals surface area contributed by atoms with Gasteiger partial charge in [-0.2, -0.15) is 9.97 Å². The first-order valence-electron chi connectivity index (χ1n) is 6.86. The van der Waals surface area contributed by atoms with Crippen molar-refractivity contribution in [3.8, 4) is 0 Å². The van der Waals surface area contributed by atoms with Crippen LogP contribution >= 0.6 is 11.6 Å². The number of ether oxygens (including phenoxy) is 1. The number of halogens is 2. The van der Waals surface area contributed by atoms with Crippen molar-refractivity contribution in [1.82, 2.24) is 19.5 Å². The SMILES string of the molecule is CC[C@H]1O[C@@H](n2cnc3c(Cl)nc(N)nc32)[C@](C)(F)[C@@H]1C. The molecule has 1 aliphatic rings. The highest BCUT2D eigenvalue weighted by atomic mass is 35.5. The highest BCUT2D eigenvalue weighted by Gasteiger charge is 2.52. The number of imidazole rings is 1. The van der Waals surface area contributed by atoms with Crippen LogP contribution in [0.15, 0.2) is 6.33 Å². The van der Waals surface area contributed by atoms with Crippen molar-refractivity contribution in [3.05, 3.63) is 11.5 Å². The monoisotopic (exact) mass is 313 g/mol. The number of hydrogen-bond acceptors (Lipinski definition) is 5. The molecule has 4 atom stereocenters. The van der Waals surface area contributed by atoms with Gasteiger partial charge < -0.3 is 10.5 Å². The van der Waals surface area contributed by atoms with Gasteiger partial charge in [0.2, 0.25) is 5.95 Å². The average molecular weight is 314 g/mol. The molecule has 1 fully saturated rings. The molecule has 0 unspecified atom stereocenters. The van der Waals surface area contributed by atoms with Gasteiger partial charge in [-0.25, -0.2) is 9.37 Å². The average Bonchev–Trinajstić information content (AvgIpc) is 2.91. The van der Waals surface area contributed by atoms with Crippen molar-refractivity contribution in [1.29, 1.82) is 0 Å². The second-order valence-electron chi connectivity index (χ2n) is 5.57. The standard InChI is InChI=1S/C13H17ClFN5O/c1-4-7-6(2)13(3,15)11(21-7)20-5-17-8-9(14)18-12(16)19-10(8)20/h5-7,11H,4H2,1-3H3,(H2,16,18,19)/t6-,7-,11-,13-/m1/s1. The summed E-state index contributed by atoms with van der Waals surface area (Å²) in [5, 5.41) is 0.148. The maximum absolute atomic E-state index is 15.1. The fourth-order valence-corrected chi connectivity index (χ4v) is 3.08. The van der Waals surface area contributed by atoms with E-state index in [1.165, 1.54) is 13.3 Å². The number of hydrogen-bond donors (Lipinski definition) is 1. The third-order valence-corrected chi connectivity index (χ3v) is 4.55. The van der Waals surface area contributed by atoms with Gasteiger partial charge >= 0.3 is 0 Å². The molecule has 2 aromatic heterocycles. The molecule has 3 rings (SSSR count). The molecular weight excluding hydrogens is 297 g/mol. The second-order valence-corrected chi connectivity index (χ2v) is 5.93. The fourth-order valence-electron chi connectivity index (χ4n) is 2.86. The summed E-state index contributed by atoms with van der Waals surface area (Å²) < 4.78 is 22.5. The Hall–Kier alpha value is -1.47. The van der Waals surface area contributed by atoms with Crippen LogP contribution in [0.4, 0.5) is 10.3 Å². The van der Waals surface area contributed by atoms with E-state index in [9.17, 15) is 0 Å². The minimum Gasteiger partial charge on any atom is -0.368 e. The molecule has 0 aliphatic carbocycles. The van der Waals surface area contributed by atoms with E-state index in [0.717, 1.165) is 6.42 Å². The Bertz CT molecular complexity index is 688. The van der Waals surface area contributed by atoms with Gasteiger partial charge in [-0.1, -0.05) is 25.4 Å². The van der Waals surface area contributed by atoms with Crippen molar-refractivity contribution in [3.63, 3.8) is 0 Å². The van der Waals surface area contributed by atoms with E-state index in [-0.39, 0.29) is 23.1 Å². The summed E-state index contributed by atoms with van der Waals surface area (Å²) in [6, 6.07) is 0. The molecular formula is C13H17ClFN5O.